The summed E-state index contributed by atoms with van der Waals surface area (Å²) in [6.07, 6.45) is 2.78. The van der Waals surface area contributed by atoms with Gasteiger partial charge < -0.3 is 14.7 Å². The molecule has 0 aliphatic carbocycles. The van der Waals surface area contributed by atoms with Crippen molar-refractivity contribution in [3.05, 3.63) is 59.7 Å². The molecule has 3 aliphatic heterocycles. The Morgan fingerprint density at radius 2 is 1.61 bits per heavy atom. The number of amides is 3. The molecule has 7 heteroatoms. The first-order valence-corrected chi connectivity index (χ1v) is 11.7. The van der Waals surface area contributed by atoms with Gasteiger partial charge in [0, 0.05) is 31.1 Å². The largest absolute Gasteiger partial charge is 0.341 e. The summed E-state index contributed by atoms with van der Waals surface area (Å²) in [6, 6.07) is 15.7. The van der Waals surface area contributed by atoms with E-state index < -0.39 is 5.25 Å². The topological polar surface area (TPSA) is 60.9 Å². The molecule has 5 rings (SSSR count). The minimum absolute atomic E-state index is 0.0393. The minimum Gasteiger partial charge on any atom is -0.341 e. The van der Waals surface area contributed by atoms with Gasteiger partial charge in [0.25, 0.3) is 5.91 Å². The van der Waals surface area contributed by atoms with E-state index >= 15 is 0 Å². The lowest BCUT2D eigenvalue weighted by Crippen LogP contribution is -2.52. The molecule has 6 nitrogen and oxygen atoms in total. The number of hydrogen-bond acceptors (Lipinski definition) is 4. The summed E-state index contributed by atoms with van der Waals surface area (Å²) >= 11 is 1.31. The molecule has 3 heterocycles. The van der Waals surface area contributed by atoms with E-state index in [9.17, 15) is 14.4 Å². The molecular formula is C24H25N3O3S. The monoisotopic (exact) mass is 435 g/mol. The van der Waals surface area contributed by atoms with E-state index in [1.165, 1.54) is 22.2 Å². The van der Waals surface area contributed by atoms with Gasteiger partial charge in [-0.25, -0.2) is 0 Å². The maximum absolute atomic E-state index is 13.4. The summed E-state index contributed by atoms with van der Waals surface area (Å²) in [5, 5.41) is -0.817. The fraction of sp³-hybridized carbons (Fsp3) is 0.375. The van der Waals surface area contributed by atoms with Crippen LogP contribution in [0, 0.1) is 0 Å². The quantitative estimate of drug-likeness (QED) is 0.696. The average Bonchev–Trinajstić information content (AvgIpc) is 3.35. The minimum atomic E-state index is -0.817. The Balaban J connectivity index is 1.37. The zero-order valence-electron chi connectivity index (χ0n) is 17.3. The fourth-order valence-electron chi connectivity index (χ4n) is 4.58. The molecule has 0 N–H and O–H groups in total. The molecular weight excluding hydrogens is 410 g/mol. The summed E-state index contributed by atoms with van der Waals surface area (Å²) < 4.78 is 0. The van der Waals surface area contributed by atoms with Crippen molar-refractivity contribution >= 4 is 35.2 Å². The molecule has 1 saturated heterocycles. The van der Waals surface area contributed by atoms with Gasteiger partial charge in [0.1, 0.15) is 6.54 Å². The average molecular weight is 436 g/mol. The third-order valence-electron chi connectivity index (χ3n) is 6.31. The summed E-state index contributed by atoms with van der Waals surface area (Å²) in [7, 11) is 0. The third-order valence-corrected chi connectivity index (χ3v) is 7.55. The van der Waals surface area contributed by atoms with Gasteiger partial charge >= 0.3 is 0 Å². The van der Waals surface area contributed by atoms with Crippen LogP contribution < -0.4 is 4.90 Å². The van der Waals surface area contributed by atoms with Crippen molar-refractivity contribution in [1.82, 2.24) is 9.80 Å². The Morgan fingerprint density at radius 1 is 0.903 bits per heavy atom. The second kappa shape index (κ2) is 8.38. The molecule has 3 amide bonds. The summed E-state index contributed by atoms with van der Waals surface area (Å²) in [5.41, 5.74) is 3.15. The molecule has 160 valence electrons. The van der Waals surface area contributed by atoms with Crippen LogP contribution in [0.15, 0.2) is 53.4 Å². The number of hydrogen-bond donors (Lipinski definition) is 0. The van der Waals surface area contributed by atoms with Crippen molar-refractivity contribution in [3.8, 4) is 0 Å². The van der Waals surface area contributed by atoms with E-state index in [-0.39, 0.29) is 24.3 Å². The van der Waals surface area contributed by atoms with Crippen molar-refractivity contribution < 1.29 is 14.4 Å². The smallest absolute Gasteiger partial charge is 0.250 e. The third kappa shape index (κ3) is 3.83. The van der Waals surface area contributed by atoms with E-state index in [2.05, 4.69) is 12.1 Å². The van der Waals surface area contributed by atoms with Crippen molar-refractivity contribution in [2.24, 2.45) is 0 Å². The number of fused-ring (bicyclic) bond motifs is 2. The van der Waals surface area contributed by atoms with Gasteiger partial charge in [0.15, 0.2) is 5.25 Å². The summed E-state index contributed by atoms with van der Waals surface area (Å²) in [4.78, 5) is 45.6. The highest BCUT2D eigenvalue weighted by Gasteiger charge is 2.41. The molecule has 1 unspecified atom stereocenters. The molecule has 0 spiro atoms. The van der Waals surface area contributed by atoms with Gasteiger partial charge in [-0.1, -0.05) is 36.4 Å². The number of anilines is 1. The lowest BCUT2D eigenvalue weighted by atomic mass is 10.00. The van der Waals surface area contributed by atoms with Crippen LogP contribution in [-0.2, 0) is 27.3 Å². The Hall–Kier alpha value is -2.80. The van der Waals surface area contributed by atoms with Gasteiger partial charge in [-0.05, 0) is 42.5 Å². The first-order valence-electron chi connectivity index (χ1n) is 10.8. The van der Waals surface area contributed by atoms with Crippen molar-refractivity contribution in [2.45, 2.75) is 36.0 Å². The van der Waals surface area contributed by atoms with Gasteiger partial charge in [-0.15, -0.1) is 11.8 Å². The normalized spacial score (nSPS) is 20.5. The van der Waals surface area contributed by atoms with Crippen LogP contribution in [0.5, 0.6) is 0 Å². The number of benzene rings is 2. The van der Waals surface area contributed by atoms with Gasteiger partial charge in [0.05, 0.1) is 5.69 Å². The number of rotatable bonds is 3. The van der Waals surface area contributed by atoms with Crippen LogP contribution in [-0.4, -0.2) is 59.0 Å². The lowest BCUT2D eigenvalue weighted by molar-refractivity contribution is -0.136. The van der Waals surface area contributed by atoms with E-state index in [1.54, 1.807) is 4.90 Å². The number of thioether (sulfide) groups is 1. The molecule has 0 aromatic heterocycles. The van der Waals surface area contributed by atoms with Crippen molar-refractivity contribution in [2.75, 3.05) is 31.1 Å². The van der Waals surface area contributed by atoms with Crippen LogP contribution in [0.2, 0.25) is 0 Å². The van der Waals surface area contributed by atoms with E-state index in [0.29, 0.717) is 31.9 Å². The second-order valence-electron chi connectivity index (χ2n) is 8.26. The highest BCUT2D eigenvalue weighted by molar-refractivity contribution is 8.01. The van der Waals surface area contributed by atoms with Crippen molar-refractivity contribution in [3.63, 3.8) is 0 Å². The van der Waals surface area contributed by atoms with E-state index in [0.717, 1.165) is 29.7 Å². The highest BCUT2D eigenvalue weighted by atomic mass is 32.2. The molecule has 31 heavy (non-hydrogen) atoms. The zero-order chi connectivity index (χ0) is 21.4. The lowest BCUT2D eigenvalue weighted by Gasteiger charge is -2.36. The van der Waals surface area contributed by atoms with E-state index in [1.807, 2.05) is 41.3 Å². The Labute approximate surface area is 186 Å². The predicted octanol–water partition coefficient (Wildman–Crippen LogP) is 2.70. The fourth-order valence-corrected chi connectivity index (χ4v) is 5.77. The predicted molar refractivity (Wildman–Crippen MR) is 120 cm³/mol. The first kappa shape index (κ1) is 20.1. The Kier molecular flexibility index (Phi) is 5.44. The van der Waals surface area contributed by atoms with Gasteiger partial charge in [0.2, 0.25) is 11.8 Å². The molecule has 0 saturated carbocycles. The van der Waals surface area contributed by atoms with Gasteiger partial charge in [-0.2, -0.15) is 0 Å². The first-order chi connectivity index (χ1) is 15.1. The number of likely N-dealkylation sites (tertiary alicyclic amines) is 1. The van der Waals surface area contributed by atoms with Crippen LogP contribution in [0.4, 0.5) is 5.69 Å². The maximum atomic E-state index is 13.4. The highest BCUT2D eigenvalue weighted by Crippen LogP contribution is 2.40. The zero-order valence-corrected chi connectivity index (χ0v) is 18.1. The number of carbonyl (C=O) groups is 3. The number of para-hydroxylation sites is 1. The Morgan fingerprint density at radius 3 is 2.42 bits per heavy atom. The van der Waals surface area contributed by atoms with Crippen LogP contribution in [0.1, 0.15) is 24.0 Å². The van der Waals surface area contributed by atoms with Crippen LogP contribution in [0.3, 0.4) is 0 Å². The SMILES string of the molecule is O=C(CN1C(=O)C(C(=O)N2CCCC2)Sc2ccccc21)N1CCc2ccccc2C1. The molecule has 1 fully saturated rings. The summed E-state index contributed by atoms with van der Waals surface area (Å²) in [5.74, 6) is -0.505. The Bertz CT molecular complexity index is 1030. The maximum Gasteiger partial charge on any atom is 0.250 e. The van der Waals surface area contributed by atoms with Crippen LogP contribution in [0.25, 0.3) is 0 Å². The molecule has 0 radical (unpaired) electrons. The molecule has 0 bridgehead atoms. The molecule has 3 aliphatic rings. The number of nitrogens with zero attached hydrogens (tertiary/aromatic N) is 3. The van der Waals surface area contributed by atoms with Crippen LogP contribution >= 0.6 is 11.8 Å². The van der Waals surface area contributed by atoms with Crippen molar-refractivity contribution in [1.29, 1.82) is 0 Å². The summed E-state index contributed by atoms with van der Waals surface area (Å²) in [6.45, 7) is 2.57. The molecule has 2 aromatic rings. The standard InChI is InChI=1S/C24H25N3O3S/c28-21(26-14-11-17-7-1-2-8-18(17)15-26)16-27-19-9-3-4-10-20(19)31-22(24(27)30)23(29)25-12-5-6-13-25/h1-4,7-10,22H,5-6,11-16H2. The molecule has 2 aromatic carbocycles. The van der Waals surface area contributed by atoms with E-state index in [4.69, 9.17) is 0 Å². The van der Waals surface area contributed by atoms with Gasteiger partial charge in [-0.3, -0.25) is 14.4 Å². The second-order valence-corrected chi connectivity index (χ2v) is 9.40. The molecule has 1 atom stereocenters. The number of carbonyl (C=O) groups excluding carboxylic acids is 3.